The van der Waals surface area contributed by atoms with Gasteiger partial charge in [0.2, 0.25) is 0 Å². The fraction of sp³-hybridized carbons (Fsp3) is 1.00. The molecule has 182 valence electrons. The molecule has 0 saturated carbocycles. The SMILES string of the molecule is O=S(NSC(F)(F)C(F)(F)C(F)(F)C(F)(F)F)C(F)(F)C(F)(F)C(F)(F)C(F)(F)F. The molecule has 0 aromatic rings. The van der Waals surface area contributed by atoms with E-state index >= 15 is 0 Å². The number of hydrogen-bond acceptors (Lipinski definition) is 2. The molecule has 0 rings (SSSR count). The third kappa shape index (κ3) is 4.39. The fourth-order valence-electron chi connectivity index (χ4n) is 1.04. The number of halogens is 18. The summed E-state index contributed by atoms with van der Waals surface area (Å²) in [5, 5.41) is -14.1. The zero-order valence-corrected chi connectivity index (χ0v) is 14.2. The van der Waals surface area contributed by atoms with Gasteiger partial charge in [-0.1, -0.05) is 0 Å². The van der Waals surface area contributed by atoms with E-state index in [1.54, 1.807) is 0 Å². The summed E-state index contributed by atoms with van der Waals surface area (Å²) in [5.41, 5.74) is 0. The summed E-state index contributed by atoms with van der Waals surface area (Å²) in [6, 6.07) is 0. The van der Waals surface area contributed by atoms with Crippen molar-refractivity contribution in [2.45, 2.75) is 46.6 Å². The first-order valence-corrected chi connectivity index (χ1v) is 7.85. The van der Waals surface area contributed by atoms with Crippen LogP contribution in [0.25, 0.3) is 0 Å². The van der Waals surface area contributed by atoms with Crippen LogP contribution in [0.4, 0.5) is 79.0 Å². The zero-order valence-electron chi connectivity index (χ0n) is 12.5. The first kappa shape index (κ1) is 29.2. The van der Waals surface area contributed by atoms with Crippen LogP contribution in [-0.2, 0) is 11.0 Å². The highest BCUT2D eigenvalue weighted by Gasteiger charge is 2.85. The van der Waals surface area contributed by atoms with Crippen LogP contribution in [0.2, 0.25) is 0 Å². The van der Waals surface area contributed by atoms with Crippen molar-refractivity contribution in [2.75, 3.05) is 0 Å². The molecule has 22 heteroatoms. The molecule has 0 saturated heterocycles. The van der Waals surface area contributed by atoms with Gasteiger partial charge in [0.1, 0.15) is 0 Å². The Hall–Kier alpha value is -0.800. The summed E-state index contributed by atoms with van der Waals surface area (Å²) >= 11 is -2.76. The molecular weight excluding hydrogens is 532 g/mol. The van der Waals surface area contributed by atoms with Gasteiger partial charge in [0, 0.05) is 11.9 Å². The van der Waals surface area contributed by atoms with Gasteiger partial charge >= 0.3 is 46.6 Å². The summed E-state index contributed by atoms with van der Waals surface area (Å²) < 4.78 is 234. The molecule has 0 aromatic heterocycles. The monoisotopic (exact) mass is 533 g/mol. The second kappa shape index (κ2) is 7.66. The Balaban J connectivity index is 5.83. The predicted octanol–water partition coefficient (Wildman–Crippen LogP) is 5.74. The van der Waals surface area contributed by atoms with Crippen LogP contribution in [-0.4, -0.2) is 50.8 Å². The molecule has 1 atom stereocenters. The fourth-order valence-corrected chi connectivity index (χ4v) is 2.80. The van der Waals surface area contributed by atoms with Gasteiger partial charge < -0.3 is 0 Å². The van der Waals surface area contributed by atoms with Crippen LogP contribution in [0.3, 0.4) is 0 Å². The van der Waals surface area contributed by atoms with Gasteiger partial charge in [0.05, 0.1) is 0 Å². The van der Waals surface area contributed by atoms with Crippen LogP contribution >= 0.6 is 11.9 Å². The van der Waals surface area contributed by atoms with Gasteiger partial charge in [-0.05, 0) is 0 Å². The highest BCUT2D eigenvalue weighted by atomic mass is 32.2. The van der Waals surface area contributed by atoms with E-state index in [0.29, 0.717) is 0 Å². The van der Waals surface area contributed by atoms with Crippen molar-refractivity contribution in [2.24, 2.45) is 0 Å². The van der Waals surface area contributed by atoms with Crippen LogP contribution in [0.1, 0.15) is 0 Å². The summed E-state index contributed by atoms with van der Waals surface area (Å²) in [5.74, 6) is -30.5. The Morgan fingerprint density at radius 2 is 0.800 bits per heavy atom. The van der Waals surface area contributed by atoms with E-state index in [9.17, 15) is 83.2 Å². The molecule has 0 fully saturated rings. The van der Waals surface area contributed by atoms with Gasteiger partial charge in [-0.25, -0.2) is 4.21 Å². The van der Waals surface area contributed by atoms with Crippen molar-refractivity contribution in [3.8, 4) is 0 Å². The maximum Gasteiger partial charge on any atom is 0.460 e. The van der Waals surface area contributed by atoms with Crippen molar-refractivity contribution < 1.29 is 83.2 Å². The minimum absolute atomic E-state index is 0.450. The number of nitrogens with one attached hydrogen (secondary N) is 1. The lowest BCUT2D eigenvalue weighted by Crippen LogP contribution is -2.63. The lowest BCUT2D eigenvalue weighted by atomic mass is 10.1. The largest absolute Gasteiger partial charge is 0.460 e. The van der Waals surface area contributed by atoms with Crippen LogP contribution in [0.5, 0.6) is 0 Å². The van der Waals surface area contributed by atoms with Crippen LogP contribution < -0.4 is 4.13 Å². The van der Waals surface area contributed by atoms with Gasteiger partial charge in [0.15, 0.2) is 11.0 Å². The highest BCUT2D eigenvalue weighted by Crippen LogP contribution is 2.57. The molecule has 0 aliphatic carbocycles. The van der Waals surface area contributed by atoms with E-state index in [1.165, 1.54) is 0 Å². The minimum Gasteiger partial charge on any atom is -0.235 e. The molecule has 1 unspecified atom stereocenters. The lowest BCUT2D eigenvalue weighted by molar-refractivity contribution is -0.381. The molecule has 30 heavy (non-hydrogen) atoms. The first-order valence-electron chi connectivity index (χ1n) is 5.88. The van der Waals surface area contributed by atoms with Crippen LogP contribution in [0.15, 0.2) is 0 Å². The Labute approximate surface area is 158 Å². The Morgan fingerprint density at radius 3 is 1.10 bits per heavy atom. The predicted molar refractivity (Wildman–Crippen MR) is 60.7 cm³/mol. The normalized spacial score (nSPS) is 17.3. The van der Waals surface area contributed by atoms with Gasteiger partial charge in [-0.3, -0.25) is 0 Å². The van der Waals surface area contributed by atoms with Crippen molar-refractivity contribution in [3.05, 3.63) is 0 Å². The highest BCUT2D eigenvalue weighted by molar-refractivity contribution is 8.08. The molecule has 1 N–H and O–H groups in total. The minimum atomic E-state index is -7.70. The van der Waals surface area contributed by atoms with Gasteiger partial charge in [-0.2, -0.15) is 83.2 Å². The van der Waals surface area contributed by atoms with Crippen molar-refractivity contribution in [1.82, 2.24) is 4.13 Å². The first-order chi connectivity index (χ1) is 12.6. The summed E-state index contributed by atoms with van der Waals surface area (Å²) in [6.07, 6.45) is -14.9. The number of alkyl halides is 18. The third-order valence-corrected chi connectivity index (χ3v) is 4.88. The Morgan fingerprint density at radius 1 is 0.500 bits per heavy atom. The maximum atomic E-state index is 13.0. The van der Waals surface area contributed by atoms with Crippen molar-refractivity contribution in [1.29, 1.82) is 0 Å². The van der Waals surface area contributed by atoms with E-state index in [-0.39, 0.29) is 0 Å². The molecule has 0 bridgehead atoms. The average molecular weight is 533 g/mol. The summed E-state index contributed by atoms with van der Waals surface area (Å²) in [4.78, 5) is 0. The van der Waals surface area contributed by atoms with Crippen molar-refractivity contribution in [3.63, 3.8) is 0 Å². The quantitative estimate of drug-likeness (QED) is 0.319. The molecular formula is C8HF18NOS2. The number of rotatable bonds is 8. The van der Waals surface area contributed by atoms with E-state index in [1.807, 2.05) is 0 Å². The van der Waals surface area contributed by atoms with E-state index in [0.717, 1.165) is 0 Å². The zero-order chi connectivity index (χ0) is 25.0. The molecule has 0 aromatic carbocycles. The van der Waals surface area contributed by atoms with Crippen LogP contribution in [0, 0.1) is 0 Å². The van der Waals surface area contributed by atoms with E-state index in [2.05, 4.69) is 0 Å². The molecule has 0 radical (unpaired) electrons. The van der Waals surface area contributed by atoms with Gasteiger partial charge in [0.25, 0.3) is 0 Å². The topological polar surface area (TPSA) is 29.1 Å². The Kier molecular flexibility index (Phi) is 7.45. The Bertz CT molecular complexity index is 650. The summed E-state index contributed by atoms with van der Waals surface area (Å²) in [7, 11) is -5.60. The summed E-state index contributed by atoms with van der Waals surface area (Å²) in [6.45, 7) is 0. The second-order valence-electron chi connectivity index (χ2n) is 4.78. The maximum absolute atomic E-state index is 13.0. The van der Waals surface area contributed by atoms with Gasteiger partial charge in [-0.15, -0.1) is 0 Å². The van der Waals surface area contributed by atoms with Crippen molar-refractivity contribution >= 4 is 22.9 Å². The van der Waals surface area contributed by atoms with E-state index < -0.39 is 73.6 Å². The second-order valence-corrected chi connectivity index (χ2v) is 7.21. The lowest BCUT2D eigenvalue weighted by Gasteiger charge is -2.34. The molecule has 2 nitrogen and oxygen atoms in total. The number of hydrogen-bond donors (Lipinski definition) is 1. The smallest absolute Gasteiger partial charge is 0.235 e. The molecule has 0 amide bonds. The average Bonchev–Trinajstić information content (AvgIpc) is 2.49. The standard InChI is InChI=1S/C8HF18NOS2/c9-1(10,5(17,18)19)3(13,14)7(23,24)29-27-30(28)8(25,26)4(15,16)2(11,12)6(20,21)22/h27H. The molecule has 0 aliphatic rings. The van der Waals surface area contributed by atoms with E-state index in [4.69, 9.17) is 0 Å². The molecule has 0 spiro atoms. The molecule has 0 aliphatic heterocycles. The molecule has 0 heterocycles. The third-order valence-electron chi connectivity index (χ3n) is 2.71.